The van der Waals surface area contributed by atoms with Gasteiger partial charge in [0.05, 0.1) is 0 Å². The Hall–Kier alpha value is -0.0800. The summed E-state index contributed by atoms with van der Waals surface area (Å²) in [6.45, 7) is 6.71. The first-order valence-corrected chi connectivity index (χ1v) is 7.57. The molecule has 1 rings (SSSR count). The molecule has 0 saturated heterocycles. The van der Waals surface area contributed by atoms with Gasteiger partial charge < -0.3 is 10.6 Å². The van der Waals surface area contributed by atoms with Crippen molar-refractivity contribution >= 4 is 0 Å². The highest BCUT2D eigenvalue weighted by Crippen LogP contribution is 2.38. The first-order valence-electron chi connectivity index (χ1n) is 7.57. The van der Waals surface area contributed by atoms with Gasteiger partial charge in [0.25, 0.3) is 0 Å². The van der Waals surface area contributed by atoms with Crippen molar-refractivity contribution in [2.75, 3.05) is 20.1 Å². The predicted octanol–water partition coefficient (Wildman–Crippen LogP) is 3.41. The third kappa shape index (κ3) is 4.26. The standard InChI is InChI=1S/C15H32N2/c1-4-14(5-2)17(3)12-11-15(13-16)9-7-6-8-10-15/h14H,4-13,16H2,1-3H3. The zero-order valence-corrected chi connectivity index (χ0v) is 12.2. The highest BCUT2D eigenvalue weighted by atomic mass is 15.1. The van der Waals surface area contributed by atoms with Crippen LogP contribution in [0.2, 0.25) is 0 Å². The molecule has 0 spiro atoms. The van der Waals surface area contributed by atoms with Crippen molar-refractivity contribution in [1.29, 1.82) is 0 Å². The monoisotopic (exact) mass is 240 g/mol. The third-order valence-electron chi connectivity index (χ3n) is 4.91. The smallest absolute Gasteiger partial charge is 0.00869 e. The van der Waals surface area contributed by atoms with Crippen molar-refractivity contribution < 1.29 is 0 Å². The average Bonchev–Trinajstić information content (AvgIpc) is 2.39. The molecule has 0 amide bonds. The van der Waals surface area contributed by atoms with Crippen molar-refractivity contribution in [2.24, 2.45) is 11.1 Å². The fraction of sp³-hybridized carbons (Fsp3) is 1.00. The Labute approximate surface area is 108 Å². The zero-order chi connectivity index (χ0) is 12.7. The lowest BCUT2D eigenvalue weighted by molar-refractivity contribution is 0.136. The summed E-state index contributed by atoms with van der Waals surface area (Å²) in [4.78, 5) is 2.55. The molecule has 0 aromatic heterocycles. The first-order chi connectivity index (χ1) is 8.17. The summed E-state index contributed by atoms with van der Waals surface area (Å²) in [5, 5.41) is 0. The normalized spacial score (nSPS) is 20.1. The lowest BCUT2D eigenvalue weighted by Crippen LogP contribution is -2.39. The van der Waals surface area contributed by atoms with Gasteiger partial charge >= 0.3 is 0 Å². The van der Waals surface area contributed by atoms with E-state index in [9.17, 15) is 0 Å². The minimum atomic E-state index is 0.471. The molecule has 0 aliphatic heterocycles. The lowest BCUT2D eigenvalue weighted by Gasteiger charge is -2.38. The molecule has 102 valence electrons. The van der Waals surface area contributed by atoms with E-state index < -0.39 is 0 Å². The highest BCUT2D eigenvalue weighted by molar-refractivity contribution is 4.85. The van der Waals surface area contributed by atoms with Crippen LogP contribution in [-0.2, 0) is 0 Å². The topological polar surface area (TPSA) is 29.3 Å². The number of hydrogen-bond acceptors (Lipinski definition) is 2. The van der Waals surface area contributed by atoms with Crippen LogP contribution in [0.3, 0.4) is 0 Å². The molecule has 0 unspecified atom stereocenters. The third-order valence-corrected chi connectivity index (χ3v) is 4.91. The van der Waals surface area contributed by atoms with Crippen LogP contribution in [0.25, 0.3) is 0 Å². The Morgan fingerprint density at radius 3 is 2.18 bits per heavy atom. The molecular weight excluding hydrogens is 208 g/mol. The largest absolute Gasteiger partial charge is 0.330 e. The SMILES string of the molecule is CCC(CC)N(C)CCC1(CN)CCCCC1. The van der Waals surface area contributed by atoms with E-state index >= 15 is 0 Å². The predicted molar refractivity (Wildman–Crippen MR) is 76.2 cm³/mol. The van der Waals surface area contributed by atoms with Crippen LogP contribution in [-0.4, -0.2) is 31.1 Å². The van der Waals surface area contributed by atoms with E-state index in [-0.39, 0.29) is 0 Å². The summed E-state index contributed by atoms with van der Waals surface area (Å²) < 4.78 is 0. The van der Waals surface area contributed by atoms with Crippen molar-refractivity contribution in [3.8, 4) is 0 Å². The van der Waals surface area contributed by atoms with E-state index in [4.69, 9.17) is 5.73 Å². The minimum absolute atomic E-state index is 0.471. The Morgan fingerprint density at radius 1 is 1.12 bits per heavy atom. The van der Waals surface area contributed by atoms with Crippen LogP contribution in [0.5, 0.6) is 0 Å². The summed E-state index contributed by atoms with van der Waals surface area (Å²) >= 11 is 0. The Balaban J connectivity index is 2.41. The van der Waals surface area contributed by atoms with Crippen molar-refractivity contribution in [1.82, 2.24) is 4.90 Å². The van der Waals surface area contributed by atoms with Crippen molar-refractivity contribution in [2.45, 2.75) is 71.3 Å². The molecule has 1 saturated carbocycles. The Morgan fingerprint density at radius 2 is 1.71 bits per heavy atom. The van der Waals surface area contributed by atoms with Gasteiger partial charge in [-0.05, 0) is 57.7 Å². The molecule has 2 nitrogen and oxygen atoms in total. The van der Waals surface area contributed by atoms with E-state index in [0.29, 0.717) is 5.41 Å². The highest BCUT2D eigenvalue weighted by Gasteiger charge is 2.30. The average molecular weight is 240 g/mol. The van der Waals surface area contributed by atoms with Crippen LogP contribution in [0.1, 0.15) is 65.2 Å². The second-order valence-corrected chi connectivity index (χ2v) is 5.97. The minimum Gasteiger partial charge on any atom is -0.330 e. The van der Waals surface area contributed by atoms with E-state index in [1.807, 2.05) is 0 Å². The summed E-state index contributed by atoms with van der Waals surface area (Å²) in [6.07, 6.45) is 10.8. The van der Waals surface area contributed by atoms with Gasteiger partial charge in [0.2, 0.25) is 0 Å². The summed E-state index contributed by atoms with van der Waals surface area (Å²) in [6, 6.07) is 0.758. The summed E-state index contributed by atoms with van der Waals surface area (Å²) in [5.74, 6) is 0. The Kier molecular flexibility index (Phi) is 6.50. The second-order valence-electron chi connectivity index (χ2n) is 5.97. The molecule has 2 N–H and O–H groups in total. The van der Waals surface area contributed by atoms with Crippen molar-refractivity contribution in [3.05, 3.63) is 0 Å². The van der Waals surface area contributed by atoms with Crippen LogP contribution < -0.4 is 5.73 Å². The number of hydrogen-bond donors (Lipinski definition) is 1. The molecule has 0 atom stereocenters. The maximum absolute atomic E-state index is 6.05. The molecular formula is C15H32N2. The number of nitrogens with zero attached hydrogens (tertiary/aromatic N) is 1. The molecule has 1 aliphatic carbocycles. The van der Waals surface area contributed by atoms with Crippen LogP contribution in [0.15, 0.2) is 0 Å². The van der Waals surface area contributed by atoms with Crippen LogP contribution in [0.4, 0.5) is 0 Å². The summed E-state index contributed by atoms with van der Waals surface area (Å²) in [5.41, 5.74) is 6.52. The molecule has 2 heteroatoms. The summed E-state index contributed by atoms with van der Waals surface area (Å²) in [7, 11) is 2.28. The number of nitrogens with two attached hydrogens (primary N) is 1. The molecule has 0 aromatic carbocycles. The van der Waals surface area contributed by atoms with E-state index in [2.05, 4.69) is 25.8 Å². The fourth-order valence-corrected chi connectivity index (χ4v) is 3.37. The molecule has 0 heterocycles. The van der Waals surface area contributed by atoms with Gasteiger partial charge in [-0.1, -0.05) is 33.1 Å². The van der Waals surface area contributed by atoms with E-state index in [1.165, 1.54) is 57.9 Å². The maximum Gasteiger partial charge on any atom is 0.00869 e. The first kappa shape index (κ1) is 15.0. The molecule has 17 heavy (non-hydrogen) atoms. The van der Waals surface area contributed by atoms with Gasteiger partial charge in [-0.25, -0.2) is 0 Å². The van der Waals surface area contributed by atoms with E-state index in [1.54, 1.807) is 0 Å². The zero-order valence-electron chi connectivity index (χ0n) is 12.2. The van der Waals surface area contributed by atoms with Crippen molar-refractivity contribution in [3.63, 3.8) is 0 Å². The van der Waals surface area contributed by atoms with Gasteiger partial charge in [-0.3, -0.25) is 0 Å². The lowest BCUT2D eigenvalue weighted by atomic mass is 9.72. The number of rotatable bonds is 7. The van der Waals surface area contributed by atoms with Gasteiger partial charge in [0.15, 0.2) is 0 Å². The Bertz CT molecular complexity index is 193. The maximum atomic E-state index is 6.05. The van der Waals surface area contributed by atoms with Crippen LogP contribution >= 0.6 is 0 Å². The van der Waals surface area contributed by atoms with E-state index in [0.717, 1.165) is 12.6 Å². The fourth-order valence-electron chi connectivity index (χ4n) is 3.37. The molecule has 0 aromatic rings. The van der Waals surface area contributed by atoms with Gasteiger partial charge in [-0.15, -0.1) is 0 Å². The quantitative estimate of drug-likeness (QED) is 0.739. The molecule has 1 fully saturated rings. The van der Waals surface area contributed by atoms with Gasteiger partial charge in [-0.2, -0.15) is 0 Å². The molecule has 0 bridgehead atoms. The van der Waals surface area contributed by atoms with Gasteiger partial charge in [0.1, 0.15) is 0 Å². The second kappa shape index (κ2) is 7.38. The van der Waals surface area contributed by atoms with Gasteiger partial charge in [0, 0.05) is 6.04 Å². The van der Waals surface area contributed by atoms with Crippen LogP contribution in [0, 0.1) is 5.41 Å². The molecule has 0 radical (unpaired) electrons. The molecule has 1 aliphatic rings.